The first-order valence-corrected chi connectivity index (χ1v) is 10.5. The average molecular weight is 381 g/mol. The molecule has 0 aromatic carbocycles. The van der Waals surface area contributed by atoms with Crippen molar-refractivity contribution in [3.63, 3.8) is 0 Å². The van der Waals surface area contributed by atoms with Crippen molar-refractivity contribution in [3.8, 4) is 0 Å². The third-order valence-electron chi connectivity index (χ3n) is 5.08. The second kappa shape index (κ2) is 8.88. The summed E-state index contributed by atoms with van der Waals surface area (Å²) in [5.41, 5.74) is 0. The molecule has 144 valence electrons. The number of aliphatic imine (C=N–C) groups is 1. The third kappa shape index (κ3) is 4.78. The number of piperidine rings is 2. The van der Waals surface area contributed by atoms with Gasteiger partial charge in [-0.25, -0.2) is 0 Å². The van der Waals surface area contributed by atoms with Crippen molar-refractivity contribution < 1.29 is 14.4 Å². The number of carbonyl (C=O) groups excluding carboxylic acids is 3. The summed E-state index contributed by atoms with van der Waals surface area (Å²) in [6, 6.07) is -0.123. The minimum Gasteiger partial charge on any atom is -0.341 e. The van der Waals surface area contributed by atoms with E-state index >= 15 is 0 Å². The maximum Gasteiger partial charge on any atom is 0.245 e. The Balaban J connectivity index is 1.77. The SMILES string of the molecule is CC1CC(=O)NC(SC(C(=O)N2CCCCC2)C(=O)N2CCCCC2)=N1. The molecule has 7 nitrogen and oxygen atoms in total. The molecule has 3 amide bonds. The maximum absolute atomic E-state index is 13.1. The molecule has 2 fully saturated rings. The van der Waals surface area contributed by atoms with Gasteiger partial charge in [-0.15, -0.1) is 0 Å². The number of likely N-dealkylation sites (tertiary alicyclic amines) is 2. The van der Waals surface area contributed by atoms with Gasteiger partial charge in [-0.1, -0.05) is 11.8 Å². The van der Waals surface area contributed by atoms with Gasteiger partial charge in [0.2, 0.25) is 17.7 Å². The van der Waals surface area contributed by atoms with Crippen LogP contribution in [0.4, 0.5) is 0 Å². The fourth-order valence-corrected chi connectivity index (χ4v) is 4.79. The summed E-state index contributed by atoms with van der Waals surface area (Å²) >= 11 is 1.11. The first-order chi connectivity index (χ1) is 12.5. The molecule has 0 spiro atoms. The van der Waals surface area contributed by atoms with Gasteiger partial charge in [-0.3, -0.25) is 19.4 Å². The summed E-state index contributed by atoms with van der Waals surface area (Å²) in [7, 11) is 0. The van der Waals surface area contributed by atoms with Crippen LogP contribution < -0.4 is 5.32 Å². The molecule has 1 N–H and O–H groups in total. The number of carbonyl (C=O) groups is 3. The molecule has 0 saturated carbocycles. The molecule has 0 aromatic heterocycles. The number of hydrogen-bond acceptors (Lipinski definition) is 5. The van der Waals surface area contributed by atoms with E-state index in [2.05, 4.69) is 10.3 Å². The molecule has 0 bridgehead atoms. The Labute approximate surface area is 158 Å². The summed E-state index contributed by atoms with van der Waals surface area (Å²) < 4.78 is 0. The van der Waals surface area contributed by atoms with Crippen LogP contribution in [0.5, 0.6) is 0 Å². The zero-order valence-electron chi connectivity index (χ0n) is 15.4. The fourth-order valence-electron chi connectivity index (χ4n) is 3.65. The molecule has 3 rings (SSSR count). The number of nitrogens with zero attached hydrogens (tertiary/aromatic N) is 3. The van der Waals surface area contributed by atoms with Crippen LogP contribution in [0.1, 0.15) is 51.9 Å². The lowest BCUT2D eigenvalue weighted by Crippen LogP contribution is -2.51. The number of thioether (sulfide) groups is 1. The van der Waals surface area contributed by atoms with Crippen LogP contribution >= 0.6 is 11.8 Å². The van der Waals surface area contributed by atoms with E-state index in [1.165, 1.54) is 0 Å². The molecule has 2 saturated heterocycles. The number of rotatable bonds is 3. The van der Waals surface area contributed by atoms with E-state index in [1.54, 1.807) is 9.80 Å². The van der Waals surface area contributed by atoms with E-state index in [9.17, 15) is 14.4 Å². The number of amidine groups is 1. The highest BCUT2D eigenvalue weighted by molar-refractivity contribution is 8.15. The highest BCUT2D eigenvalue weighted by Crippen LogP contribution is 2.24. The molecule has 1 atom stereocenters. The lowest BCUT2D eigenvalue weighted by atomic mass is 10.1. The zero-order valence-corrected chi connectivity index (χ0v) is 16.2. The molecular weight excluding hydrogens is 352 g/mol. The number of amides is 3. The topological polar surface area (TPSA) is 82.1 Å². The van der Waals surface area contributed by atoms with Crippen LogP contribution in [0.3, 0.4) is 0 Å². The predicted octanol–water partition coefficient (Wildman–Crippen LogP) is 1.38. The van der Waals surface area contributed by atoms with E-state index in [4.69, 9.17) is 0 Å². The second-order valence-electron chi connectivity index (χ2n) is 7.31. The molecule has 26 heavy (non-hydrogen) atoms. The minimum absolute atomic E-state index is 0.107. The molecule has 3 aliphatic heterocycles. The van der Waals surface area contributed by atoms with Crippen molar-refractivity contribution in [1.82, 2.24) is 15.1 Å². The lowest BCUT2D eigenvalue weighted by Gasteiger charge is -2.34. The largest absolute Gasteiger partial charge is 0.341 e. The first kappa shape index (κ1) is 19.2. The second-order valence-corrected chi connectivity index (χ2v) is 8.40. The van der Waals surface area contributed by atoms with E-state index in [0.29, 0.717) is 37.8 Å². The van der Waals surface area contributed by atoms with Crippen LogP contribution in [-0.2, 0) is 14.4 Å². The molecule has 8 heteroatoms. The predicted molar refractivity (Wildman–Crippen MR) is 102 cm³/mol. The van der Waals surface area contributed by atoms with Gasteiger partial charge < -0.3 is 15.1 Å². The first-order valence-electron chi connectivity index (χ1n) is 9.66. The molecule has 3 aliphatic rings. The number of nitrogens with one attached hydrogen (secondary N) is 1. The van der Waals surface area contributed by atoms with Crippen LogP contribution in [0.25, 0.3) is 0 Å². The van der Waals surface area contributed by atoms with E-state index in [-0.39, 0.29) is 23.8 Å². The Bertz CT molecular complexity index is 553. The molecule has 3 heterocycles. The highest BCUT2D eigenvalue weighted by atomic mass is 32.2. The van der Waals surface area contributed by atoms with Crippen molar-refractivity contribution >= 4 is 34.7 Å². The van der Waals surface area contributed by atoms with Crippen LogP contribution in [-0.4, -0.2) is 70.2 Å². The van der Waals surface area contributed by atoms with Crippen molar-refractivity contribution in [2.24, 2.45) is 4.99 Å². The Morgan fingerprint density at radius 3 is 1.96 bits per heavy atom. The van der Waals surface area contributed by atoms with E-state index < -0.39 is 5.25 Å². The Hall–Kier alpha value is -1.57. The van der Waals surface area contributed by atoms with Gasteiger partial charge in [0.05, 0.1) is 6.04 Å². The summed E-state index contributed by atoms with van der Waals surface area (Å²) in [5.74, 6) is -0.384. The maximum atomic E-state index is 13.1. The zero-order chi connectivity index (χ0) is 18.5. The Morgan fingerprint density at radius 1 is 1.00 bits per heavy atom. The Kier molecular flexibility index (Phi) is 6.56. The molecular formula is C18H28N4O3S. The molecule has 1 unspecified atom stereocenters. The van der Waals surface area contributed by atoms with Gasteiger partial charge in [-0.2, -0.15) is 0 Å². The van der Waals surface area contributed by atoms with Gasteiger partial charge in [0, 0.05) is 32.6 Å². The Morgan fingerprint density at radius 2 is 1.50 bits per heavy atom. The monoisotopic (exact) mass is 380 g/mol. The summed E-state index contributed by atoms with van der Waals surface area (Å²) in [4.78, 5) is 46.1. The van der Waals surface area contributed by atoms with Gasteiger partial charge in [-0.05, 0) is 45.4 Å². The van der Waals surface area contributed by atoms with E-state index in [0.717, 1.165) is 50.3 Å². The lowest BCUT2D eigenvalue weighted by molar-refractivity contribution is -0.140. The standard InChI is InChI=1S/C18H28N4O3S/c1-13-12-14(23)20-18(19-13)26-15(16(24)21-8-4-2-5-9-21)17(25)22-10-6-3-7-11-22/h13,15H,2-12H2,1H3,(H,19,20,23). The average Bonchev–Trinajstić information content (AvgIpc) is 2.66. The van der Waals surface area contributed by atoms with Crippen LogP contribution in [0, 0.1) is 0 Å². The van der Waals surface area contributed by atoms with Crippen molar-refractivity contribution in [2.75, 3.05) is 26.2 Å². The van der Waals surface area contributed by atoms with Crippen molar-refractivity contribution in [2.45, 2.75) is 63.2 Å². The van der Waals surface area contributed by atoms with E-state index in [1.807, 2.05) is 6.92 Å². The minimum atomic E-state index is -0.851. The normalized spacial score (nSPS) is 24.3. The van der Waals surface area contributed by atoms with Crippen LogP contribution in [0.15, 0.2) is 4.99 Å². The summed E-state index contributed by atoms with van der Waals surface area (Å²) in [5, 5.41) is 2.27. The fraction of sp³-hybridized carbons (Fsp3) is 0.778. The van der Waals surface area contributed by atoms with Crippen molar-refractivity contribution in [3.05, 3.63) is 0 Å². The molecule has 0 aromatic rings. The summed E-state index contributed by atoms with van der Waals surface area (Å²) in [6.07, 6.45) is 6.52. The van der Waals surface area contributed by atoms with Crippen molar-refractivity contribution in [1.29, 1.82) is 0 Å². The quantitative estimate of drug-likeness (QED) is 0.750. The van der Waals surface area contributed by atoms with Gasteiger partial charge in [0.25, 0.3) is 0 Å². The molecule has 0 radical (unpaired) electrons. The summed E-state index contributed by atoms with van der Waals surface area (Å²) in [6.45, 7) is 4.70. The highest BCUT2D eigenvalue weighted by Gasteiger charge is 2.37. The van der Waals surface area contributed by atoms with Gasteiger partial charge in [0.1, 0.15) is 0 Å². The van der Waals surface area contributed by atoms with Gasteiger partial charge in [0.15, 0.2) is 10.4 Å². The molecule has 0 aliphatic carbocycles. The smallest absolute Gasteiger partial charge is 0.245 e. The van der Waals surface area contributed by atoms with Crippen LogP contribution in [0.2, 0.25) is 0 Å². The third-order valence-corrected chi connectivity index (χ3v) is 6.15. The number of hydrogen-bond donors (Lipinski definition) is 1. The van der Waals surface area contributed by atoms with Gasteiger partial charge >= 0.3 is 0 Å².